The number of aliphatic imine (C=N–C) groups is 1. The van der Waals surface area contributed by atoms with Crippen molar-refractivity contribution in [3.8, 4) is 5.00 Å². The molecule has 128 valence electrons. The van der Waals surface area contributed by atoms with Crippen LogP contribution in [0.2, 0.25) is 5.02 Å². The van der Waals surface area contributed by atoms with Gasteiger partial charge in [0.2, 0.25) is 0 Å². The van der Waals surface area contributed by atoms with Gasteiger partial charge in [0.25, 0.3) is 0 Å². The summed E-state index contributed by atoms with van der Waals surface area (Å²) in [4.78, 5) is 6.13. The zero-order valence-electron chi connectivity index (χ0n) is 14.2. The van der Waals surface area contributed by atoms with Crippen molar-refractivity contribution in [3.63, 3.8) is 0 Å². The molecule has 0 atom stereocenters. The maximum Gasteiger partial charge on any atom is 0.164 e. The minimum atomic E-state index is 0.415. The van der Waals surface area contributed by atoms with Gasteiger partial charge in [-0.3, -0.25) is 9.56 Å². The zero-order valence-corrected chi connectivity index (χ0v) is 15.8. The Kier molecular flexibility index (Phi) is 4.19. The highest BCUT2D eigenvalue weighted by molar-refractivity contribution is 7.15. The van der Waals surface area contributed by atoms with Gasteiger partial charge in [0, 0.05) is 28.1 Å². The third kappa shape index (κ3) is 2.70. The van der Waals surface area contributed by atoms with E-state index in [1.54, 1.807) is 18.4 Å². The normalized spacial score (nSPS) is 13.2. The Morgan fingerprint density at radius 2 is 1.96 bits per heavy atom. The van der Waals surface area contributed by atoms with Crippen molar-refractivity contribution >= 4 is 28.6 Å². The molecule has 0 N–H and O–H groups in total. The molecule has 0 spiro atoms. The van der Waals surface area contributed by atoms with Crippen LogP contribution in [0.15, 0.2) is 29.3 Å². The van der Waals surface area contributed by atoms with Crippen LogP contribution in [0.25, 0.3) is 5.00 Å². The minimum absolute atomic E-state index is 0.415. The van der Waals surface area contributed by atoms with Crippen molar-refractivity contribution in [1.82, 2.24) is 14.8 Å². The largest absolute Gasteiger partial charge is 0.377 e. The van der Waals surface area contributed by atoms with Crippen LogP contribution < -0.4 is 0 Å². The first kappa shape index (κ1) is 16.4. The molecule has 1 aliphatic heterocycles. The third-order valence-electron chi connectivity index (χ3n) is 4.37. The van der Waals surface area contributed by atoms with Gasteiger partial charge in [-0.25, -0.2) is 0 Å². The molecule has 3 heterocycles. The lowest BCUT2D eigenvalue weighted by Gasteiger charge is -2.10. The third-order valence-corrected chi connectivity index (χ3v) is 5.82. The topological polar surface area (TPSA) is 52.3 Å². The lowest BCUT2D eigenvalue weighted by molar-refractivity contribution is 0.176. The van der Waals surface area contributed by atoms with E-state index in [4.69, 9.17) is 21.3 Å². The fourth-order valence-corrected chi connectivity index (χ4v) is 4.36. The molecule has 0 saturated carbocycles. The predicted octanol–water partition coefficient (Wildman–Crippen LogP) is 4.10. The van der Waals surface area contributed by atoms with Crippen molar-refractivity contribution in [2.75, 3.05) is 7.11 Å². The van der Waals surface area contributed by atoms with Crippen molar-refractivity contribution in [3.05, 3.63) is 62.5 Å². The molecule has 0 radical (unpaired) electrons. The van der Waals surface area contributed by atoms with Crippen LogP contribution >= 0.6 is 22.9 Å². The highest BCUT2D eigenvalue weighted by Gasteiger charge is 2.27. The summed E-state index contributed by atoms with van der Waals surface area (Å²) in [6.07, 6.45) is 0. The molecular formula is C18H17ClN4OS. The zero-order chi connectivity index (χ0) is 17.6. The molecule has 0 amide bonds. The van der Waals surface area contributed by atoms with Crippen LogP contribution in [-0.2, 0) is 17.9 Å². The number of hydrogen-bond donors (Lipinski definition) is 0. The predicted molar refractivity (Wildman–Crippen MR) is 100 cm³/mol. The molecule has 0 fully saturated rings. The van der Waals surface area contributed by atoms with Crippen molar-refractivity contribution in [2.45, 2.75) is 27.0 Å². The first-order chi connectivity index (χ1) is 12.1. The molecule has 1 aromatic carbocycles. The van der Waals surface area contributed by atoms with E-state index in [0.29, 0.717) is 13.2 Å². The van der Waals surface area contributed by atoms with Gasteiger partial charge in [0.15, 0.2) is 11.6 Å². The van der Waals surface area contributed by atoms with E-state index in [-0.39, 0.29) is 0 Å². The van der Waals surface area contributed by atoms with Crippen LogP contribution in [0.5, 0.6) is 0 Å². The average molecular weight is 373 g/mol. The Morgan fingerprint density at radius 3 is 2.68 bits per heavy atom. The molecular weight excluding hydrogens is 356 g/mol. The first-order valence-electron chi connectivity index (χ1n) is 7.93. The van der Waals surface area contributed by atoms with Gasteiger partial charge in [-0.05, 0) is 31.5 Å². The lowest BCUT2D eigenvalue weighted by Crippen LogP contribution is -2.08. The second-order valence-electron chi connectivity index (χ2n) is 5.94. The van der Waals surface area contributed by atoms with Crippen molar-refractivity contribution < 1.29 is 4.74 Å². The highest BCUT2D eigenvalue weighted by atomic mass is 35.5. The first-order valence-corrected chi connectivity index (χ1v) is 9.12. The number of methoxy groups -OCH3 is 1. The summed E-state index contributed by atoms with van der Waals surface area (Å²) < 4.78 is 7.39. The molecule has 7 heteroatoms. The molecule has 5 nitrogen and oxygen atoms in total. The number of hydrogen-bond acceptors (Lipinski definition) is 5. The van der Waals surface area contributed by atoms with Crippen LogP contribution in [-0.4, -0.2) is 27.6 Å². The van der Waals surface area contributed by atoms with Gasteiger partial charge in [-0.2, -0.15) is 0 Å². The quantitative estimate of drug-likeness (QED) is 0.695. The molecule has 0 unspecified atom stereocenters. The van der Waals surface area contributed by atoms with E-state index >= 15 is 0 Å². The lowest BCUT2D eigenvalue weighted by atomic mass is 10.00. The molecule has 0 bridgehead atoms. The Labute approximate surface area is 155 Å². The second-order valence-corrected chi connectivity index (χ2v) is 7.58. The molecule has 3 aromatic rings. The summed E-state index contributed by atoms with van der Waals surface area (Å²) in [5.74, 6) is 1.63. The molecule has 0 aliphatic carbocycles. The fourth-order valence-electron chi connectivity index (χ4n) is 3.03. The maximum atomic E-state index is 6.06. The van der Waals surface area contributed by atoms with E-state index < -0.39 is 0 Å². The number of thiophene rings is 1. The number of ether oxygens (including phenoxy) is 1. The smallest absolute Gasteiger partial charge is 0.164 e. The van der Waals surface area contributed by atoms with Crippen LogP contribution in [0.3, 0.4) is 0 Å². The van der Waals surface area contributed by atoms with E-state index in [1.165, 1.54) is 10.4 Å². The molecule has 4 rings (SSSR count). The van der Waals surface area contributed by atoms with E-state index in [2.05, 4.69) is 28.6 Å². The van der Waals surface area contributed by atoms with Crippen molar-refractivity contribution in [2.24, 2.45) is 4.99 Å². The summed E-state index contributed by atoms with van der Waals surface area (Å²) in [5, 5.41) is 10.4. The minimum Gasteiger partial charge on any atom is -0.377 e. The summed E-state index contributed by atoms with van der Waals surface area (Å²) >= 11 is 7.80. The monoisotopic (exact) mass is 372 g/mol. The Balaban J connectivity index is 1.95. The van der Waals surface area contributed by atoms with Crippen molar-refractivity contribution in [1.29, 1.82) is 0 Å². The number of fused-ring (bicyclic) bond motifs is 3. The SMILES string of the molecule is COCc1nnc2n1-c1sc(C)c(C)c1C(c1ccc(Cl)cc1)=NC2. The van der Waals surface area contributed by atoms with Gasteiger partial charge in [0.05, 0.1) is 5.71 Å². The number of rotatable bonds is 3. The van der Waals surface area contributed by atoms with E-state index in [0.717, 1.165) is 38.5 Å². The molecule has 1 aliphatic rings. The maximum absolute atomic E-state index is 6.06. The van der Waals surface area contributed by atoms with E-state index in [1.807, 2.05) is 24.3 Å². The number of nitrogens with zero attached hydrogens (tertiary/aromatic N) is 4. The van der Waals surface area contributed by atoms with Gasteiger partial charge < -0.3 is 4.74 Å². The summed E-state index contributed by atoms with van der Waals surface area (Å²) in [6, 6.07) is 7.82. The summed E-state index contributed by atoms with van der Waals surface area (Å²) in [7, 11) is 1.67. The van der Waals surface area contributed by atoms with Gasteiger partial charge in [-0.15, -0.1) is 21.5 Å². The summed E-state index contributed by atoms with van der Waals surface area (Å²) in [5.41, 5.74) is 4.40. The Bertz CT molecular complexity index is 972. The molecule has 25 heavy (non-hydrogen) atoms. The van der Waals surface area contributed by atoms with Crippen LogP contribution in [0.4, 0.5) is 0 Å². The highest BCUT2D eigenvalue weighted by Crippen LogP contribution is 2.36. The fraction of sp³-hybridized carbons (Fsp3) is 0.278. The van der Waals surface area contributed by atoms with E-state index in [9.17, 15) is 0 Å². The Morgan fingerprint density at radius 1 is 1.20 bits per heavy atom. The second kappa shape index (κ2) is 6.37. The molecule has 2 aromatic heterocycles. The van der Waals surface area contributed by atoms with Gasteiger partial charge in [0.1, 0.15) is 18.2 Å². The molecule has 0 saturated heterocycles. The Hall–Kier alpha value is -2.02. The standard InChI is InChI=1S/C18H17ClN4OS/c1-10-11(2)25-18-16(10)17(12-4-6-13(19)7-5-12)20-8-14-21-22-15(9-24-3)23(14)18/h4-7H,8-9H2,1-3H3. The number of halogens is 1. The number of aryl methyl sites for hydroxylation is 1. The number of benzene rings is 1. The average Bonchev–Trinajstić information content (AvgIpc) is 3.07. The van der Waals surface area contributed by atoms with Crippen LogP contribution in [0, 0.1) is 13.8 Å². The van der Waals surface area contributed by atoms with Gasteiger partial charge >= 0.3 is 0 Å². The van der Waals surface area contributed by atoms with Gasteiger partial charge in [-0.1, -0.05) is 23.7 Å². The number of aromatic nitrogens is 3. The van der Waals surface area contributed by atoms with Crippen LogP contribution in [0.1, 0.15) is 33.2 Å². The summed E-state index contributed by atoms with van der Waals surface area (Å²) in [6.45, 7) is 5.17.